The lowest BCUT2D eigenvalue weighted by atomic mass is 10.0. The topological polar surface area (TPSA) is 585 Å². The van der Waals surface area contributed by atoms with E-state index in [-0.39, 0.29) is 49.8 Å². The minimum atomic E-state index is -1.92. The van der Waals surface area contributed by atoms with Gasteiger partial charge in [-0.2, -0.15) is 0 Å². The molecule has 23 N–H and O–H groups in total. The number of aromatic nitrogens is 2. The van der Waals surface area contributed by atoms with Gasteiger partial charge in [0.05, 0.1) is 51.3 Å². The van der Waals surface area contributed by atoms with Crippen molar-refractivity contribution in [3.05, 3.63) is 18.2 Å². The van der Waals surface area contributed by atoms with Gasteiger partial charge in [-0.05, 0) is 38.0 Å². The Labute approximate surface area is 456 Å². The number of nitrogens with one attached hydrogen (secondary N) is 11. The van der Waals surface area contributed by atoms with E-state index in [1.165, 1.54) is 33.3 Å². The number of nitrogens with two attached hydrogens (primary N) is 4. The molecule has 1 rings (SSSR count). The Balaban J connectivity index is 3.23. The van der Waals surface area contributed by atoms with Crippen LogP contribution in [0, 0.1) is 11.8 Å². The molecule has 1 heterocycles. The molecule has 0 aliphatic carbocycles. The third-order valence-corrected chi connectivity index (χ3v) is 11.0. The maximum absolute atomic E-state index is 13.9. The zero-order chi connectivity index (χ0) is 61.0. The number of nitrogens with zero attached hydrogens (tertiary/aromatic N) is 2. The summed E-state index contributed by atoms with van der Waals surface area (Å²) < 4.78 is 0. The summed E-state index contributed by atoms with van der Waals surface area (Å²) in [6, 6.07) is -12.9. The van der Waals surface area contributed by atoms with Crippen molar-refractivity contribution < 1.29 is 87.5 Å². The van der Waals surface area contributed by atoms with E-state index in [2.05, 4.69) is 68.1 Å². The molecular formula is C45H73N17O18. The maximum atomic E-state index is 13.9. The smallest absolute Gasteiger partial charge is 0.326 e. The first-order valence-corrected chi connectivity index (χ1v) is 24.6. The molecule has 0 saturated carbocycles. The number of carboxylic acids is 3. The Hall–Kier alpha value is -9.02. The number of aliphatic carboxylic acids is 3. The van der Waals surface area contributed by atoms with E-state index < -0.39 is 182 Å². The molecule has 11 amide bonds. The Bertz CT molecular complexity index is 2400. The van der Waals surface area contributed by atoms with Crippen LogP contribution in [0.5, 0.6) is 0 Å². The van der Waals surface area contributed by atoms with Gasteiger partial charge < -0.3 is 102 Å². The van der Waals surface area contributed by atoms with Crippen LogP contribution >= 0.6 is 0 Å². The first-order chi connectivity index (χ1) is 37.3. The molecule has 0 spiro atoms. The van der Waals surface area contributed by atoms with E-state index in [1.807, 2.05) is 0 Å². The fourth-order valence-corrected chi connectivity index (χ4v) is 6.88. The van der Waals surface area contributed by atoms with Gasteiger partial charge in [0.15, 0.2) is 5.96 Å². The highest BCUT2D eigenvalue weighted by Crippen LogP contribution is 2.09. The molecule has 35 nitrogen and oxygen atoms in total. The number of H-pyrrole nitrogens is 1. The molecule has 35 heteroatoms. The molecule has 0 aromatic carbocycles. The SMILES string of the molecule is CC(C)C[C@H](NC(=O)[C@H](CC(=O)O)NC(=O)[C@H](Cc1cnc[nH]1)NC(=O)[C@H](CCCN=C(N)N)NC(=O)CNC(=O)[C@H](CC(=O)O)NC(=O)CNC(=O)[C@H](CC(N)=O)NC(=O)[C@@H](NC(=O)CNC(=O)[C@@H](N)[C@@H](C)O)C(C)C)C(=O)O. The van der Waals surface area contributed by atoms with Gasteiger partial charge in [0, 0.05) is 24.9 Å². The predicted octanol–water partition coefficient (Wildman–Crippen LogP) is -8.93. The fourth-order valence-electron chi connectivity index (χ4n) is 6.88. The van der Waals surface area contributed by atoms with Gasteiger partial charge in [-0.25, -0.2) is 9.78 Å². The number of carbonyl (C=O) groups is 14. The van der Waals surface area contributed by atoms with Gasteiger partial charge in [0.2, 0.25) is 65.0 Å². The van der Waals surface area contributed by atoms with Crippen molar-refractivity contribution in [1.82, 2.24) is 63.1 Å². The van der Waals surface area contributed by atoms with E-state index in [0.29, 0.717) is 0 Å². The van der Waals surface area contributed by atoms with Crippen LogP contribution in [0.2, 0.25) is 0 Å². The third-order valence-electron chi connectivity index (χ3n) is 11.0. The average Bonchev–Trinajstić information content (AvgIpc) is 3.87. The number of aliphatic imine (C=N–C) groups is 1. The summed E-state index contributed by atoms with van der Waals surface area (Å²) in [6.07, 6.45) is -2.33. The minimum absolute atomic E-state index is 0.00262. The predicted molar refractivity (Wildman–Crippen MR) is 275 cm³/mol. The highest BCUT2D eigenvalue weighted by molar-refractivity contribution is 5.99. The highest BCUT2D eigenvalue weighted by Gasteiger charge is 2.35. The van der Waals surface area contributed by atoms with Gasteiger partial charge in [-0.1, -0.05) is 27.7 Å². The standard InChI is InChI=1S/C45H73N17O18/c1-19(2)9-28(44(79)80)61-41(76)27(13-34(70)71)59-40(75)24(10-22-14-50-18-55-22)58-39(74)23(7-6-8-51-45(48)49)56-30(65)15-53-38(73)26(12-33(68)69)57-31(66)16-52-37(72)25(11-29(46)64)60-43(78)36(20(3)4)62-32(67)17-54-42(77)35(47)21(5)63/h14,18-21,23-28,35-36,63H,6-13,15-17,47H2,1-5H3,(H2,46,64)(H,50,55)(H,52,72)(H,53,73)(H,54,77)(H,56,65)(H,57,66)(H,58,74)(H,59,75)(H,60,78)(H,61,76)(H,62,67)(H,68,69)(H,70,71)(H,79,80)(H4,48,49,51)/t21-,23+,24+,25+,26+,27+,28+,35+,36+/m1/s1. The average molecular weight is 1140 g/mol. The lowest BCUT2D eigenvalue weighted by molar-refractivity contribution is -0.144. The van der Waals surface area contributed by atoms with Gasteiger partial charge in [-0.3, -0.25) is 67.3 Å². The highest BCUT2D eigenvalue weighted by atomic mass is 16.4. The zero-order valence-electron chi connectivity index (χ0n) is 44.5. The van der Waals surface area contributed by atoms with Crippen molar-refractivity contribution >= 4 is 88.8 Å². The number of hydrogen-bond donors (Lipinski definition) is 19. The summed E-state index contributed by atoms with van der Waals surface area (Å²) in [6.45, 7) is 4.88. The number of carbonyl (C=O) groups excluding carboxylic acids is 11. The molecule has 0 aliphatic rings. The van der Waals surface area contributed by atoms with Crippen LogP contribution in [-0.2, 0) is 73.5 Å². The molecule has 0 aliphatic heterocycles. The summed E-state index contributed by atoms with van der Waals surface area (Å²) >= 11 is 0. The monoisotopic (exact) mass is 1140 g/mol. The zero-order valence-corrected chi connectivity index (χ0v) is 44.5. The lowest BCUT2D eigenvalue weighted by Crippen LogP contribution is -2.59. The van der Waals surface area contributed by atoms with Crippen LogP contribution in [0.3, 0.4) is 0 Å². The summed E-state index contributed by atoms with van der Waals surface area (Å²) in [5.41, 5.74) is 21.9. The lowest BCUT2D eigenvalue weighted by Gasteiger charge is -2.26. The number of primary amides is 1. The third kappa shape index (κ3) is 27.3. The summed E-state index contributed by atoms with van der Waals surface area (Å²) in [5.74, 6) is -17.8. The van der Waals surface area contributed by atoms with Crippen molar-refractivity contribution in [2.75, 3.05) is 26.2 Å². The van der Waals surface area contributed by atoms with Crippen LogP contribution in [0.1, 0.15) is 78.8 Å². The number of rotatable bonds is 37. The number of aromatic amines is 1. The minimum Gasteiger partial charge on any atom is -0.481 e. The Morgan fingerprint density at radius 1 is 0.575 bits per heavy atom. The van der Waals surface area contributed by atoms with Crippen LogP contribution in [0.15, 0.2) is 17.5 Å². The molecule has 80 heavy (non-hydrogen) atoms. The fraction of sp³-hybridized carbons (Fsp3) is 0.600. The van der Waals surface area contributed by atoms with Gasteiger partial charge in [-0.15, -0.1) is 0 Å². The quantitative estimate of drug-likeness (QED) is 0.0167. The van der Waals surface area contributed by atoms with Crippen molar-refractivity contribution in [2.45, 2.75) is 134 Å². The molecule has 0 saturated heterocycles. The second-order valence-corrected chi connectivity index (χ2v) is 18.8. The molecular weight excluding hydrogens is 1070 g/mol. The number of hydrogen-bond acceptors (Lipinski definition) is 18. The van der Waals surface area contributed by atoms with Gasteiger partial charge >= 0.3 is 17.9 Å². The number of imidazole rings is 1. The van der Waals surface area contributed by atoms with Crippen molar-refractivity contribution in [3.63, 3.8) is 0 Å². The number of aliphatic hydroxyl groups is 1. The second-order valence-electron chi connectivity index (χ2n) is 18.8. The van der Waals surface area contributed by atoms with Gasteiger partial charge in [0.1, 0.15) is 48.3 Å². The summed E-state index contributed by atoms with van der Waals surface area (Å²) in [5, 5.41) is 60.4. The van der Waals surface area contributed by atoms with E-state index in [1.54, 1.807) is 13.8 Å². The molecule has 0 bridgehead atoms. The Morgan fingerprint density at radius 3 is 1.49 bits per heavy atom. The van der Waals surface area contributed by atoms with Crippen molar-refractivity contribution in [3.8, 4) is 0 Å². The van der Waals surface area contributed by atoms with E-state index in [0.717, 1.165) is 0 Å². The molecule has 9 atom stereocenters. The van der Waals surface area contributed by atoms with Crippen LogP contribution in [0.4, 0.5) is 0 Å². The number of amides is 11. The largest absolute Gasteiger partial charge is 0.481 e. The Kier molecular flexibility index (Phi) is 29.9. The van der Waals surface area contributed by atoms with Gasteiger partial charge in [0.25, 0.3) is 0 Å². The van der Waals surface area contributed by atoms with Crippen LogP contribution in [-0.4, -0.2) is 200 Å². The number of guanidine groups is 1. The second kappa shape index (κ2) is 34.7. The first-order valence-electron chi connectivity index (χ1n) is 24.6. The molecule has 0 fully saturated rings. The molecule has 1 aromatic heterocycles. The van der Waals surface area contributed by atoms with Crippen molar-refractivity contribution in [2.24, 2.45) is 39.8 Å². The van der Waals surface area contributed by atoms with E-state index in [9.17, 15) is 87.5 Å². The Morgan fingerprint density at radius 2 is 1.02 bits per heavy atom. The van der Waals surface area contributed by atoms with Crippen molar-refractivity contribution in [1.29, 1.82) is 0 Å². The summed E-state index contributed by atoms with van der Waals surface area (Å²) in [4.78, 5) is 189. The van der Waals surface area contributed by atoms with Crippen LogP contribution in [0.25, 0.3) is 0 Å². The molecule has 0 unspecified atom stereocenters. The molecule has 0 radical (unpaired) electrons. The van der Waals surface area contributed by atoms with E-state index >= 15 is 0 Å². The molecule has 446 valence electrons. The number of carboxylic acid groups (broad SMARTS) is 3. The first kappa shape index (κ1) is 69.0. The van der Waals surface area contributed by atoms with Crippen LogP contribution < -0.4 is 76.1 Å². The normalized spacial score (nSPS) is 14.3. The number of aliphatic hydroxyl groups excluding tert-OH is 1. The van der Waals surface area contributed by atoms with E-state index in [4.69, 9.17) is 22.9 Å². The molecule has 1 aromatic rings. The summed E-state index contributed by atoms with van der Waals surface area (Å²) in [7, 11) is 0. The maximum Gasteiger partial charge on any atom is 0.326 e.